The van der Waals surface area contributed by atoms with Crippen LogP contribution in [-0.2, 0) is 0 Å². The van der Waals surface area contributed by atoms with E-state index in [9.17, 15) is 0 Å². The molecule has 0 aliphatic rings. The van der Waals surface area contributed by atoms with Crippen LogP contribution in [0.15, 0.2) is 0 Å². The Morgan fingerprint density at radius 3 is 2.20 bits per heavy atom. The Hall–Kier alpha value is 0.310. The van der Waals surface area contributed by atoms with E-state index in [1.165, 1.54) is 0 Å². The second-order valence-corrected chi connectivity index (χ2v) is 4.37. The molecule has 0 aromatic heterocycles. The van der Waals surface area contributed by atoms with Crippen molar-refractivity contribution < 1.29 is 0 Å². The average Bonchev–Trinajstić information content (AvgIpc) is 1.87. The third-order valence-corrected chi connectivity index (χ3v) is 2.36. The highest BCUT2D eigenvalue weighted by Gasteiger charge is 1.98. The van der Waals surface area contributed by atoms with Gasteiger partial charge in [-0.25, -0.2) is 0 Å². The van der Waals surface area contributed by atoms with Gasteiger partial charge < -0.3 is 5.32 Å². The monoisotopic (exact) mass is 161 g/mol. The lowest BCUT2D eigenvalue weighted by Crippen LogP contribution is -2.26. The maximum atomic E-state index is 3.41. The number of nitrogens with one attached hydrogen (secondary N) is 1. The van der Waals surface area contributed by atoms with E-state index in [1.54, 1.807) is 0 Å². The van der Waals surface area contributed by atoms with E-state index in [1.807, 2.05) is 11.8 Å². The van der Waals surface area contributed by atoms with Gasteiger partial charge in [0, 0.05) is 11.8 Å². The quantitative estimate of drug-likeness (QED) is 0.662. The first-order chi connectivity index (χ1) is 4.66. The molecule has 2 heteroatoms. The highest BCUT2D eigenvalue weighted by atomic mass is 32.2. The Balaban J connectivity index is 3.03. The van der Waals surface area contributed by atoms with E-state index in [4.69, 9.17) is 0 Å². The molecule has 0 aliphatic heterocycles. The fourth-order valence-corrected chi connectivity index (χ4v) is 0.943. The molecule has 0 heterocycles. The highest BCUT2D eigenvalue weighted by molar-refractivity contribution is 7.99. The van der Waals surface area contributed by atoms with Crippen LogP contribution in [0.25, 0.3) is 0 Å². The molecule has 0 bridgehead atoms. The van der Waals surface area contributed by atoms with Gasteiger partial charge in [-0.15, -0.1) is 0 Å². The predicted molar refractivity (Wildman–Crippen MR) is 50.7 cm³/mol. The molecule has 1 unspecified atom stereocenters. The summed E-state index contributed by atoms with van der Waals surface area (Å²) in [6, 6.07) is 0. The summed E-state index contributed by atoms with van der Waals surface area (Å²) in [6.07, 6.45) is 2.15. The van der Waals surface area contributed by atoms with Crippen molar-refractivity contribution in [3.63, 3.8) is 0 Å². The third kappa shape index (κ3) is 6.43. The minimum absolute atomic E-state index is 0.749. The number of rotatable bonds is 5. The summed E-state index contributed by atoms with van der Waals surface area (Å²) in [4.78, 5) is 0. The summed E-state index contributed by atoms with van der Waals surface area (Å²) < 4.78 is 0. The van der Waals surface area contributed by atoms with E-state index >= 15 is 0 Å². The fourth-order valence-electron chi connectivity index (χ4n) is 0.659. The molecule has 0 fully saturated rings. The molecule has 0 amide bonds. The van der Waals surface area contributed by atoms with Crippen molar-refractivity contribution in [2.75, 3.05) is 19.3 Å². The van der Waals surface area contributed by atoms with Crippen LogP contribution in [-0.4, -0.2) is 24.6 Å². The van der Waals surface area contributed by atoms with Gasteiger partial charge in [0.25, 0.3) is 0 Å². The zero-order chi connectivity index (χ0) is 7.98. The molecule has 1 nitrogen and oxygen atoms in total. The molecule has 0 aromatic carbocycles. The highest BCUT2D eigenvalue weighted by Crippen LogP contribution is 2.02. The largest absolute Gasteiger partial charge is 0.315 e. The van der Waals surface area contributed by atoms with E-state index in [-0.39, 0.29) is 0 Å². The van der Waals surface area contributed by atoms with Gasteiger partial charge in [0.2, 0.25) is 0 Å². The zero-order valence-electron chi connectivity index (χ0n) is 7.48. The van der Waals surface area contributed by atoms with E-state index in [0.717, 1.165) is 24.3 Å². The molecule has 62 valence electrons. The van der Waals surface area contributed by atoms with Crippen LogP contribution in [0.5, 0.6) is 0 Å². The summed E-state index contributed by atoms with van der Waals surface area (Å²) in [5.74, 6) is 0.772. The van der Waals surface area contributed by atoms with Crippen LogP contribution in [0.3, 0.4) is 0 Å². The first-order valence-corrected chi connectivity index (χ1v) is 5.19. The maximum Gasteiger partial charge on any atom is 0.0141 e. The normalized spacial score (nSPS) is 14.1. The van der Waals surface area contributed by atoms with Crippen molar-refractivity contribution in [1.82, 2.24) is 5.32 Å². The van der Waals surface area contributed by atoms with Gasteiger partial charge in [-0.3, -0.25) is 0 Å². The minimum atomic E-state index is 0.749. The lowest BCUT2D eigenvalue weighted by molar-refractivity contribution is 0.554. The van der Waals surface area contributed by atoms with Gasteiger partial charge in [-0.2, -0.15) is 11.8 Å². The standard InChI is InChI=1S/C8H19NS/c1-7(2)5-9-6-8(3)10-4/h7-9H,5-6H2,1-4H3. The van der Waals surface area contributed by atoms with Crippen LogP contribution in [0, 0.1) is 5.92 Å². The molecule has 0 radical (unpaired) electrons. The molecule has 0 rings (SSSR count). The van der Waals surface area contributed by atoms with Crippen molar-refractivity contribution in [3.05, 3.63) is 0 Å². The molecule has 0 saturated carbocycles. The van der Waals surface area contributed by atoms with Crippen LogP contribution in [0.1, 0.15) is 20.8 Å². The molecule has 0 aliphatic carbocycles. The predicted octanol–water partition coefficient (Wildman–Crippen LogP) is 1.98. The molecule has 0 saturated heterocycles. The SMILES string of the molecule is CSC(C)CNCC(C)C. The Morgan fingerprint density at radius 2 is 1.80 bits per heavy atom. The smallest absolute Gasteiger partial charge is 0.0141 e. The van der Waals surface area contributed by atoms with Crippen LogP contribution < -0.4 is 5.32 Å². The second-order valence-electron chi connectivity index (χ2n) is 3.10. The number of hydrogen-bond acceptors (Lipinski definition) is 2. The average molecular weight is 161 g/mol. The van der Waals surface area contributed by atoms with Crippen molar-refractivity contribution in [2.45, 2.75) is 26.0 Å². The summed E-state index contributed by atoms with van der Waals surface area (Å²) in [7, 11) is 0. The van der Waals surface area contributed by atoms with E-state index in [0.29, 0.717) is 0 Å². The Bertz CT molecular complexity index is 73.7. The lowest BCUT2D eigenvalue weighted by atomic mass is 10.2. The molecule has 1 N–H and O–H groups in total. The second kappa shape index (κ2) is 6.05. The van der Waals surface area contributed by atoms with Crippen molar-refractivity contribution in [3.8, 4) is 0 Å². The zero-order valence-corrected chi connectivity index (χ0v) is 8.29. The molecule has 1 atom stereocenters. The topological polar surface area (TPSA) is 12.0 Å². The van der Waals surface area contributed by atoms with Gasteiger partial charge in [-0.1, -0.05) is 20.8 Å². The fraction of sp³-hybridized carbons (Fsp3) is 1.00. The molecule has 0 aromatic rings. The van der Waals surface area contributed by atoms with E-state index in [2.05, 4.69) is 32.3 Å². The minimum Gasteiger partial charge on any atom is -0.315 e. The summed E-state index contributed by atoms with van der Waals surface area (Å²) in [6.45, 7) is 9.00. The van der Waals surface area contributed by atoms with Gasteiger partial charge >= 0.3 is 0 Å². The van der Waals surface area contributed by atoms with Crippen molar-refractivity contribution >= 4 is 11.8 Å². The van der Waals surface area contributed by atoms with Gasteiger partial charge in [-0.05, 0) is 18.7 Å². The first-order valence-electron chi connectivity index (χ1n) is 3.90. The molecular weight excluding hydrogens is 142 g/mol. The Morgan fingerprint density at radius 1 is 1.20 bits per heavy atom. The summed E-state index contributed by atoms with van der Waals surface area (Å²) in [5, 5.41) is 4.16. The number of thioether (sulfide) groups is 1. The Kier molecular flexibility index (Phi) is 6.24. The third-order valence-electron chi connectivity index (χ3n) is 1.39. The van der Waals surface area contributed by atoms with Crippen molar-refractivity contribution in [1.29, 1.82) is 0 Å². The summed E-state index contributed by atoms with van der Waals surface area (Å²) >= 11 is 1.91. The Labute approximate surface area is 69.0 Å². The first kappa shape index (κ1) is 10.3. The molecule has 10 heavy (non-hydrogen) atoms. The summed E-state index contributed by atoms with van der Waals surface area (Å²) in [5.41, 5.74) is 0. The van der Waals surface area contributed by atoms with Crippen LogP contribution in [0.4, 0.5) is 0 Å². The van der Waals surface area contributed by atoms with Crippen LogP contribution in [0.2, 0.25) is 0 Å². The van der Waals surface area contributed by atoms with Crippen LogP contribution >= 0.6 is 11.8 Å². The molecular formula is C8H19NS. The van der Waals surface area contributed by atoms with Gasteiger partial charge in [0.05, 0.1) is 0 Å². The molecule has 0 spiro atoms. The van der Waals surface area contributed by atoms with Gasteiger partial charge in [0.15, 0.2) is 0 Å². The maximum absolute atomic E-state index is 3.41. The number of hydrogen-bond donors (Lipinski definition) is 1. The lowest BCUT2D eigenvalue weighted by Gasteiger charge is -2.10. The van der Waals surface area contributed by atoms with Gasteiger partial charge in [0.1, 0.15) is 0 Å². The van der Waals surface area contributed by atoms with E-state index < -0.39 is 0 Å². The van der Waals surface area contributed by atoms with Crippen molar-refractivity contribution in [2.24, 2.45) is 5.92 Å².